The zero-order valence-electron chi connectivity index (χ0n) is 15.5. The molecule has 0 saturated carbocycles. The molecule has 6 nitrogen and oxygen atoms in total. The molecule has 9 heteroatoms. The van der Waals surface area contributed by atoms with Gasteiger partial charge in [0.2, 0.25) is 0 Å². The molecule has 2 aromatic rings. The number of carbonyl (C=O) groups excluding carboxylic acids is 1. The van der Waals surface area contributed by atoms with Gasteiger partial charge >= 0.3 is 10.1 Å². The van der Waals surface area contributed by atoms with Crippen molar-refractivity contribution in [2.75, 3.05) is 26.5 Å². The number of methoxy groups -OCH3 is 1. The molecule has 0 radical (unpaired) electrons. The molecule has 1 amide bonds. The highest BCUT2D eigenvalue weighted by Gasteiger charge is 2.17. The van der Waals surface area contributed by atoms with Gasteiger partial charge in [-0.25, -0.2) is 0 Å². The van der Waals surface area contributed by atoms with Crippen molar-refractivity contribution in [3.8, 4) is 5.75 Å². The van der Waals surface area contributed by atoms with Gasteiger partial charge in [-0.15, -0.1) is 0 Å². The Morgan fingerprint density at radius 1 is 1.07 bits per heavy atom. The first-order valence-corrected chi connectivity index (χ1v) is 11.0. The first-order valence-electron chi connectivity index (χ1n) is 8.41. The summed E-state index contributed by atoms with van der Waals surface area (Å²) in [6.45, 7) is 1.34. The van der Waals surface area contributed by atoms with Gasteiger partial charge in [0.25, 0.3) is 5.91 Å². The average molecular weight is 446 g/mol. The van der Waals surface area contributed by atoms with Crippen molar-refractivity contribution >= 4 is 39.2 Å². The fourth-order valence-corrected chi connectivity index (χ4v) is 3.27. The highest BCUT2D eigenvalue weighted by atomic mass is 35.5. The van der Waals surface area contributed by atoms with Crippen LogP contribution in [0.3, 0.4) is 0 Å². The Kier molecular flexibility index (Phi) is 8.12. The summed E-state index contributed by atoms with van der Waals surface area (Å²) in [6, 6.07) is 11.3. The zero-order valence-corrected chi connectivity index (χ0v) is 17.9. The maximum absolute atomic E-state index is 12.9. The van der Waals surface area contributed by atoms with Crippen molar-refractivity contribution in [3.63, 3.8) is 0 Å². The molecule has 0 aliphatic heterocycles. The number of amides is 1. The van der Waals surface area contributed by atoms with Crippen molar-refractivity contribution in [1.29, 1.82) is 0 Å². The van der Waals surface area contributed by atoms with Crippen LogP contribution in [-0.2, 0) is 21.4 Å². The third-order valence-electron chi connectivity index (χ3n) is 3.77. The lowest BCUT2D eigenvalue weighted by Crippen LogP contribution is -2.32. The van der Waals surface area contributed by atoms with E-state index in [0.29, 0.717) is 41.7 Å². The second-order valence-electron chi connectivity index (χ2n) is 6.13. The van der Waals surface area contributed by atoms with Gasteiger partial charge in [0.05, 0.1) is 16.3 Å². The summed E-state index contributed by atoms with van der Waals surface area (Å²) >= 11 is 12.0. The van der Waals surface area contributed by atoms with Crippen LogP contribution in [0.1, 0.15) is 22.3 Å². The minimum absolute atomic E-state index is 0.189. The van der Waals surface area contributed by atoms with Gasteiger partial charge in [-0.3, -0.25) is 4.79 Å². The van der Waals surface area contributed by atoms with Gasteiger partial charge in [0.1, 0.15) is 5.75 Å². The highest BCUT2D eigenvalue weighted by molar-refractivity contribution is 7.86. The number of nitrogens with zero attached hydrogens (tertiary/aromatic N) is 1. The Morgan fingerprint density at radius 2 is 1.75 bits per heavy atom. The van der Waals surface area contributed by atoms with Gasteiger partial charge in [-0.1, -0.05) is 35.3 Å². The molecule has 28 heavy (non-hydrogen) atoms. The van der Waals surface area contributed by atoms with E-state index in [0.717, 1.165) is 11.8 Å². The lowest BCUT2D eigenvalue weighted by atomic mass is 10.1. The Bertz CT molecular complexity index is 916. The molecular formula is C19H21Cl2NO5S. The van der Waals surface area contributed by atoms with Crippen LogP contribution in [0, 0.1) is 0 Å². The molecule has 0 N–H and O–H groups in total. The smallest absolute Gasteiger partial charge is 0.306 e. The van der Waals surface area contributed by atoms with E-state index in [1.54, 1.807) is 54.5 Å². The lowest BCUT2D eigenvalue weighted by molar-refractivity contribution is 0.0723. The largest absolute Gasteiger partial charge is 0.385 e. The van der Waals surface area contributed by atoms with Crippen LogP contribution in [0.15, 0.2) is 42.5 Å². The molecule has 0 unspecified atom stereocenters. The summed E-state index contributed by atoms with van der Waals surface area (Å²) in [5.74, 6) is 0.0270. The monoisotopic (exact) mass is 445 g/mol. The third-order valence-corrected chi connectivity index (χ3v) is 5.01. The van der Waals surface area contributed by atoms with Gasteiger partial charge < -0.3 is 13.8 Å². The van der Waals surface area contributed by atoms with E-state index in [1.165, 1.54) is 0 Å². The maximum atomic E-state index is 12.9. The van der Waals surface area contributed by atoms with E-state index < -0.39 is 10.1 Å². The van der Waals surface area contributed by atoms with Crippen molar-refractivity contribution in [2.24, 2.45) is 0 Å². The van der Waals surface area contributed by atoms with Gasteiger partial charge in [0, 0.05) is 32.4 Å². The first-order chi connectivity index (χ1) is 13.2. The first kappa shape index (κ1) is 22.5. The summed E-state index contributed by atoms with van der Waals surface area (Å²) in [7, 11) is -1.98. The number of rotatable bonds is 9. The SMILES string of the molecule is COCCCN(Cc1ccc(OS(C)(=O)=O)cc1)C(=O)c1ccc(Cl)c(Cl)c1. The van der Waals surface area contributed by atoms with Crippen molar-refractivity contribution in [2.45, 2.75) is 13.0 Å². The molecule has 0 aliphatic rings. The van der Waals surface area contributed by atoms with Gasteiger partial charge in [-0.2, -0.15) is 8.42 Å². The number of benzene rings is 2. The van der Waals surface area contributed by atoms with Crippen LogP contribution in [0.2, 0.25) is 10.0 Å². The standard InChI is InChI=1S/C19H21Cl2NO5S/c1-26-11-3-10-22(19(23)15-6-9-17(20)18(21)12-15)13-14-4-7-16(8-5-14)27-28(2,24)25/h4-9,12H,3,10-11,13H2,1-2H3. The van der Waals surface area contributed by atoms with Gasteiger partial charge in [-0.05, 0) is 42.3 Å². The molecule has 0 fully saturated rings. The highest BCUT2D eigenvalue weighted by Crippen LogP contribution is 2.24. The van der Waals surface area contributed by atoms with Crippen LogP contribution in [0.5, 0.6) is 5.75 Å². The second kappa shape index (κ2) is 10.1. The lowest BCUT2D eigenvalue weighted by Gasteiger charge is -2.23. The number of carbonyl (C=O) groups is 1. The minimum Gasteiger partial charge on any atom is -0.385 e. The summed E-state index contributed by atoms with van der Waals surface area (Å²) in [5, 5.41) is 0.692. The molecule has 0 aromatic heterocycles. The molecular weight excluding hydrogens is 425 g/mol. The van der Waals surface area contributed by atoms with Crippen LogP contribution in [-0.4, -0.2) is 45.7 Å². The molecule has 0 aliphatic carbocycles. The summed E-state index contributed by atoms with van der Waals surface area (Å²) in [4.78, 5) is 14.6. The Labute approximate surface area is 175 Å². The number of hydrogen-bond donors (Lipinski definition) is 0. The number of halogens is 2. The zero-order chi connectivity index (χ0) is 20.7. The maximum Gasteiger partial charge on any atom is 0.306 e. The molecule has 0 heterocycles. The summed E-state index contributed by atoms with van der Waals surface area (Å²) < 4.78 is 32.3. The Morgan fingerprint density at radius 3 is 2.32 bits per heavy atom. The molecule has 0 spiro atoms. The summed E-state index contributed by atoms with van der Waals surface area (Å²) in [6.07, 6.45) is 1.65. The molecule has 152 valence electrons. The predicted molar refractivity (Wildman–Crippen MR) is 110 cm³/mol. The second-order valence-corrected chi connectivity index (χ2v) is 8.52. The third kappa shape index (κ3) is 6.98. The molecule has 0 atom stereocenters. The van der Waals surface area contributed by atoms with Crippen LogP contribution >= 0.6 is 23.2 Å². The Hall–Kier alpha value is -1.80. The van der Waals surface area contributed by atoms with Crippen molar-refractivity contribution in [3.05, 3.63) is 63.6 Å². The average Bonchev–Trinajstić information content (AvgIpc) is 2.63. The summed E-state index contributed by atoms with van der Waals surface area (Å²) in [5.41, 5.74) is 1.26. The predicted octanol–water partition coefficient (Wildman–Crippen LogP) is 4.01. The van der Waals surface area contributed by atoms with Crippen LogP contribution in [0.4, 0.5) is 0 Å². The number of ether oxygens (including phenoxy) is 1. The van der Waals surface area contributed by atoms with Crippen molar-refractivity contribution in [1.82, 2.24) is 4.90 Å². The van der Waals surface area contributed by atoms with Crippen LogP contribution < -0.4 is 4.18 Å². The van der Waals surface area contributed by atoms with E-state index in [-0.39, 0.29) is 11.7 Å². The van der Waals surface area contributed by atoms with E-state index >= 15 is 0 Å². The normalized spacial score (nSPS) is 11.3. The van der Waals surface area contributed by atoms with E-state index in [4.69, 9.17) is 32.1 Å². The van der Waals surface area contributed by atoms with E-state index in [9.17, 15) is 13.2 Å². The van der Waals surface area contributed by atoms with Gasteiger partial charge in [0.15, 0.2) is 0 Å². The molecule has 2 aromatic carbocycles. The fourth-order valence-electron chi connectivity index (χ4n) is 2.51. The minimum atomic E-state index is -3.59. The Balaban J connectivity index is 2.17. The van der Waals surface area contributed by atoms with Crippen molar-refractivity contribution < 1.29 is 22.1 Å². The molecule has 0 bridgehead atoms. The van der Waals surface area contributed by atoms with E-state index in [2.05, 4.69) is 0 Å². The molecule has 2 rings (SSSR count). The number of hydrogen-bond acceptors (Lipinski definition) is 5. The van der Waals surface area contributed by atoms with E-state index in [1.807, 2.05) is 0 Å². The van der Waals surface area contributed by atoms with Crippen LogP contribution in [0.25, 0.3) is 0 Å². The fraction of sp³-hybridized carbons (Fsp3) is 0.316. The quantitative estimate of drug-likeness (QED) is 0.430. The molecule has 0 saturated heterocycles. The topological polar surface area (TPSA) is 72.9 Å².